The van der Waals surface area contributed by atoms with E-state index < -0.39 is 0 Å². The maximum absolute atomic E-state index is 6.09. The van der Waals surface area contributed by atoms with E-state index in [0.717, 1.165) is 17.2 Å². The molecule has 0 aliphatic rings. The number of hydrogen-bond acceptors (Lipinski definition) is 3. The standard InChI is InChI=1S/C12H13ClN2S/c13-12-2-1-11(16-12)8-10(14)7-9-3-5-15-6-4-9/h1-6,10H,7-8,14H2. The molecule has 0 saturated heterocycles. The first-order valence-corrected chi connectivity index (χ1v) is 6.32. The van der Waals surface area contributed by atoms with Crippen LogP contribution in [0.25, 0.3) is 0 Å². The molecule has 2 N–H and O–H groups in total. The van der Waals surface area contributed by atoms with Gasteiger partial charge in [0, 0.05) is 23.3 Å². The van der Waals surface area contributed by atoms with E-state index in [1.807, 2.05) is 24.3 Å². The fourth-order valence-electron chi connectivity index (χ4n) is 1.61. The van der Waals surface area contributed by atoms with Crippen molar-refractivity contribution in [3.05, 3.63) is 51.4 Å². The molecule has 2 aromatic rings. The Labute approximate surface area is 104 Å². The van der Waals surface area contributed by atoms with Gasteiger partial charge in [-0.2, -0.15) is 0 Å². The zero-order valence-electron chi connectivity index (χ0n) is 8.77. The molecule has 16 heavy (non-hydrogen) atoms. The van der Waals surface area contributed by atoms with E-state index >= 15 is 0 Å². The molecule has 0 amide bonds. The fourth-order valence-corrected chi connectivity index (χ4v) is 2.79. The van der Waals surface area contributed by atoms with Crippen LogP contribution in [-0.2, 0) is 12.8 Å². The minimum absolute atomic E-state index is 0.136. The Balaban J connectivity index is 1.92. The number of hydrogen-bond donors (Lipinski definition) is 1. The van der Waals surface area contributed by atoms with Crippen LogP contribution in [0.1, 0.15) is 10.4 Å². The molecular weight excluding hydrogens is 240 g/mol. The van der Waals surface area contributed by atoms with Gasteiger partial charge < -0.3 is 5.73 Å². The largest absolute Gasteiger partial charge is 0.327 e. The average molecular weight is 253 g/mol. The molecule has 4 heteroatoms. The summed E-state index contributed by atoms with van der Waals surface area (Å²) in [7, 11) is 0. The Morgan fingerprint density at radius 1 is 1.19 bits per heavy atom. The fraction of sp³-hybridized carbons (Fsp3) is 0.250. The number of halogens is 1. The first-order chi connectivity index (χ1) is 7.74. The second-order valence-electron chi connectivity index (χ2n) is 3.73. The SMILES string of the molecule is NC(Cc1ccncc1)Cc1ccc(Cl)s1. The van der Waals surface area contributed by atoms with Crippen molar-refractivity contribution in [1.82, 2.24) is 4.98 Å². The van der Waals surface area contributed by atoms with Crippen molar-refractivity contribution in [2.75, 3.05) is 0 Å². The Morgan fingerprint density at radius 3 is 2.56 bits per heavy atom. The summed E-state index contributed by atoms with van der Waals surface area (Å²) < 4.78 is 0.825. The zero-order valence-corrected chi connectivity index (χ0v) is 10.3. The number of pyridine rings is 1. The lowest BCUT2D eigenvalue weighted by atomic mass is 10.0. The molecule has 84 valence electrons. The number of aromatic nitrogens is 1. The van der Waals surface area contributed by atoms with Gasteiger partial charge in [0.2, 0.25) is 0 Å². The summed E-state index contributed by atoms with van der Waals surface area (Å²) in [5, 5.41) is 0. The molecule has 2 aromatic heterocycles. The van der Waals surface area contributed by atoms with E-state index in [1.165, 1.54) is 10.4 Å². The molecule has 0 aliphatic carbocycles. The minimum atomic E-state index is 0.136. The van der Waals surface area contributed by atoms with Crippen molar-refractivity contribution in [2.45, 2.75) is 18.9 Å². The highest BCUT2D eigenvalue weighted by Gasteiger charge is 2.07. The summed E-state index contributed by atoms with van der Waals surface area (Å²) >= 11 is 7.47. The van der Waals surface area contributed by atoms with Crippen LogP contribution >= 0.6 is 22.9 Å². The lowest BCUT2D eigenvalue weighted by Gasteiger charge is -2.09. The monoisotopic (exact) mass is 252 g/mol. The third-order valence-corrected chi connectivity index (χ3v) is 3.59. The first-order valence-electron chi connectivity index (χ1n) is 5.13. The minimum Gasteiger partial charge on any atom is -0.327 e. The second kappa shape index (κ2) is 5.43. The second-order valence-corrected chi connectivity index (χ2v) is 5.53. The quantitative estimate of drug-likeness (QED) is 0.909. The van der Waals surface area contributed by atoms with Crippen LogP contribution in [0.2, 0.25) is 4.34 Å². The molecule has 2 rings (SSSR count). The van der Waals surface area contributed by atoms with Crippen LogP contribution in [0, 0.1) is 0 Å². The van der Waals surface area contributed by atoms with Gasteiger partial charge in [0.25, 0.3) is 0 Å². The molecule has 0 aliphatic heterocycles. The van der Waals surface area contributed by atoms with Gasteiger partial charge >= 0.3 is 0 Å². The Hall–Kier alpha value is -0.900. The Morgan fingerprint density at radius 2 is 1.94 bits per heavy atom. The lowest BCUT2D eigenvalue weighted by Crippen LogP contribution is -2.25. The van der Waals surface area contributed by atoms with E-state index in [9.17, 15) is 0 Å². The summed E-state index contributed by atoms with van der Waals surface area (Å²) in [4.78, 5) is 5.23. The van der Waals surface area contributed by atoms with Crippen LogP contribution in [0.4, 0.5) is 0 Å². The highest BCUT2D eigenvalue weighted by Crippen LogP contribution is 2.22. The van der Waals surface area contributed by atoms with Gasteiger partial charge in [0.1, 0.15) is 0 Å². The van der Waals surface area contributed by atoms with Gasteiger partial charge in [-0.15, -0.1) is 11.3 Å². The van der Waals surface area contributed by atoms with Crippen molar-refractivity contribution in [1.29, 1.82) is 0 Å². The van der Waals surface area contributed by atoms with Crippen molar-refractivity contribution in [2.24, 2.45) is 5.73 Å². The van der Waals surface area contributed by atoms with Gasteiger partial charge in [-0.25, -0.2) is 0 Å². The predicted molar refractivity (Wildman–Crippen MR) is 68.9 cm³/mol. The molecule has 2 heterocycles. The molecule has 0 aromatic carbocycles. The van der Waals surface area contributed by atoms with Gasteiger partial charge in [0.15, 0.2) is 0 Å². The van der Waals surface area contributed by atoms with Crippen molar-refractivity contribution >= 4 is 22.9 Å². The highest BCUT2D eigenvalue weighted by atomic mass is 35.5. The third kappa shape index (κ3) is 3.30. The maximum Gasteiger partial charge on any atom is 0.0931 e. The van der Waals surface area contributed by atoms with Crippen LogP contribution in [-0.4, -0.2) is 11.0 Å². The maximum atomic E-state index is 6.09. The van der Waals surface area contributed by atoms with E-state index in [4.69, 9.17) is 17.3 Å². The van der Waals surface area contributed by atoms with Crippen molar-refractivity contribution in [3.8, 4) is 0 Å². The summed E-state index contributed by atoms with van der Waals surface area (Å²) in [5.74, 6) is 0. The molecular formula is C12H13ClN2S. The Kier molecular flexibility index (Phi) is 3.93. The van der Waals surface area contributed by atoms with Crippen molar-refractivity contribution in [3.63, 3.8) is 0 Å². The molecule has 0 saturated carbocycles. The summed E-state index contributed by atoms with van der Waals surface area (Å²) in [6.07, 6.45) is 5.34. The van der Waals surface area contributed by atoms with Crippen molar-refractivity contribution < 1.29 is 0 Å². The smallest absolute Gasteiger partial charge is 0.0931 e. The molecule has 0 spiro atoms. The number of nitrogens with zero attached hydrogens (tertiary/aromatic N) is 1. The van der Waals surface area contributed by atoms with Gasteiger partial charge in [0.05, 0.1) is 4.34 Å². The molecule has 0 bridgehead atoms. The van der Waals surface area contributed by atoms with E-state index in [2.05, 4.69) is 4.98 Å². The Bertz CT molecular complexity index is 441. The number of nitrogens with two attached hydrogens (primary N) is 1. The summed E-state index contributed by atoms with van der Waals surface area (Å²) in [6.45, 7) is 0. The van der Waals surface area contributed by atoms with E-state index in [-0.39, 0.29) is 6.04 Å². The van der Waals surface area contributed by atoms with Gasteiger partial charge in [-0.1, -0.05) is 11.6 Å². The van der Waals surface area contributed by atoms with Crippen LogP contribution in [0.15, 0.2) is 36.7 Å². The summed E-state index contributed by atoms with van der Waals surface area (Å²) in [6, 6.07) is 8.10. The molecule has 0 radical (unpaired) electrons. The van der Waals surface area contributed by atoms with Gasteiger partial charge in [-0.3, -0.25) is 4.98 Å². The topological polar surface area (TPSA) is 38.9 Å². The average Bonchev–Trinajstić information content (AvgIpc) is 2.65. The highest BCUT2D eigenvalue weighted by molar-refractivity contribution is 7.16. The number of thiophene rings is 1. The van der Waals surface area contributed by atoms with E-state index in [0.29, 0.717) is 0 Å². The molecule has 2 nitrogen and oxygen atoms in total. The normalized spacial score (nSPS) is 12.6. The van der Waals surface area contributed by atoms with Crippen LogP contribution < -0.4 is 5.73 Å². The molecule has 1 atom stereocenters. The van der Waals surface area contributed by atoms with Gasteiger partial charge in [-0.05, 0) is 42.7 Å². The predicted octanol–water partition coefficient (Wildman–Crippen LogP) is 2.91. The summed E-state index contributed by atoms with van der Waals surface area (Å²) in [5.41, 5.74) is 7.32. The molecule has 1 unspecified atom stereocenters. The van der Waals surface area contributed by atoms with E-state index in [1.54, 1.807) is 23.7 Å². The first kappa shape index (κ1) is 11.6. The molecule has 0 fully saturated rings. The number of rotatable bonds is 4. The van der Waals surface area contributed by atoms with Crippen LogP contribution in [0.5, 0.6) is 0 Å². The lowest BCUT2D eigenvalue weighted by molar-refractivity contribution is 0.670. The third-order valence-electron chi connectivity index (χ3n) is 2.34. The zero-order chi connectivity index (χ0) is 11.4. The van der Waals surface area contributed by atoms with Crippen LogP contribution in [0.3, 0.4) is 0 Å².